The van der Waals surface area contributed by atoms with Crippen molar-refractivity contribution >= 4 is 32.5 Å². The Bertz CT molecular complexity index is 972. The average Bonchev–Trinajstić information content (AvgIpc) is 3.03. The number of benzene rings is 3. The second-order valence-corrected chi connectivity index (χ2v) is 4.87. The Kier molecular flexibility index (Phi) is 2.51. The van der Waals surface area contributed by atoms with Crippen molar-refractivity contribution in [3.8, 4) is 11.5 Å². The van der Waals surface area contributed by atoms with Crippen molar-refractivity contribution in [2.24, 2.45) is 0 Å². The molecule has 4 heteroatoms. The first-order valence-corrected chi connectivity index (χ1v) is 6.64. The molecule has 1 heterocycles. The van der Waals surface area contributed by atoms with E-state index in [2.05, 4.69) is 11.2 Å². The highest BCUT2D eigenvalue weighted by atomic mass is 16.5. The van der Waals surface area contributed by atoms with Crippen LogP contribution >= 0.6 is 0 Å². The summed E-state index contributed by atoms with van der Waals surface area (Å²) in [6, 6.07) is 12.1. The summed E-state index contributed by atoms with van der Waals surface area (Å²) in [5.74, 6) is 1.41. The Labute approximate surface area is 120 Å². The summed E-state index contributed by atoms with van der Waals surface area (Å²) in [6.07, 6.45) is 1.75. The molecule has 0 N–H and O–H groups in total. The Morgan fingerprint density at radius 2 is 1.43 bits per heavy atom. The number of nitrogens with zero attached hydrogens (tertiary/aromatic N) is 1. The number of ether oxygens (including phenoxy) is 2. The van der Waals surface area contributed by atoms with Crippen molar-refractivity contribution in [2.75, 3.05) is 14.2 Å². The molecule has 4 aromatic rings. The Morgan fingerprint density at radius 3 is 2.10 bits per heavy atom. The van der Waals surface area contributed by atoms with Gasteiger partial charge in [0.05, 0.1) is 25.8 Å². The SMILES string of the molecule is COc1cc2c3ccccc3c3oncc3c2cc1OC. The first kappa shape index (κ1) is 12.0. The summed E-state index contributed by atoms with van der Waals surface area (Å²) in [5, 5.41) is 9.22. The third-order valence-electron chi connectivity index (χ3n) is 3.85. The first-order chi connectivity index (χ1) is 10.3. The quantitative estimate of drug-likeness (QED) is 0.517. The van der Waals surface area contributed by atoms with Gasteiger partial charge in [-0.25, -0.2) is 0 Å². The molecule has 0 spiro atoms. The Hall–Kier alpha value is -2.75. The predicted octanol–water partition coefficient (Wildman–Crippen LogP) is 4.15. The second-order valence-electron chi connectivity index (χ2n) is 4.87. The maximum atomic E-state index is 5.45. The van der Waals surface area contributed by atoms with Gasteiger partial charge in [-0.1, -0.05) is 29.4 Å². The summed E-state index contributed by atoms with van der Waals surface area (Å²) in [5.41, 5.74) is 0.797. The molecule has 104 valence electrons. The minimum absolute atomic E-state index is 0.697. The normalized spacial score (nSPS) is 11.3. The molecule has 0 aliphatic heterocycles. The fraction of sp³-hybridized carbons (Fsp3) is 0.118. The third-order valence-corrected chi connectivity index (χ3v) is 3.85. The summed E-state index contributed by atoms with van der Waals surface area (Å²) >= 11 is 0. The van der Waals surface area contributed by atoms with Crippen LogP contribution in [0.15, 0.2) is 47.1 Å². The van der Waals surface area contributed by atoms with Crippen LogP contribution in [0.1, 0.15) is 0 Å². The lowest BCUT2D eigenvalue weighted by molar-refractivity contribution is 0.356. The first-order valence-electron chi connectivity index (χ1n) is 6.64. The van der Waals surface area contributed by atoms with Crippen LogP contribution in [-0.2, 0) is 0 Å². The highest BCUT2D eigenvalue weighted by Gasteiger charge is 2.15. The molecule has 0 bridgehead atoms. The maximum Gasteiger partial charge on any atom is 0.175 e. The zero-order chi connectivity index (χ0) is 14.4. The maximum absolute atomic E-state index is 5.45. The standard InChI is InChI=1S/C17H13NO3/c1-19-15-7-12-10-5-3-4-6-11(10)17-14(9-18-21-17)13(12)8-16(15)20-2/h3-9H,1-2H3. The van der Waals surface area contributed by atoms with Gasteiger partial charge in [0.1, 0.15) is 0 Å². The van der Waals surface area contributed by atoms with Gasteiger partial charge < -0.3 is 14.0 Å². The van der Waals surface area contributed by atoms with E-state index in [1.54, 1.807) is 20.4 Å². The van der Waals surface area contributed by atoms with Crippen molar-refractivity contribution in [1.82, 2.24) is 5.16 Å². The van der Waals surface area contributed by atoms with Crippen LogP contribution in [0.4, 0.5) is 0 Å². The molecule has 0 fully saturated rings. The van der Waals surface area contributed by atoms with Crippen LogP contribution in [-0.4, -0.2) is 19.4 Å². The van der Waals surface area contributed by atoms with E-state index in [0.29, 0.717) is 11.5 Å². The lowest BCUT2D eigenvalue weighted by Crippen LogP contribution is -1.91. The number of rotatable bonds is 2. The smallest absolute Gasteiger partial charge is 0.175 e. The van der Waals surface area contributed by atoms with Gasteiger partial charge in [-0.3, -0.25) is 0 Å². The molecule has 4 rings (SSSR count). The lowest BCUT2D eigenvalue weighted by Gasteiger charge is -2.11. The fourth-order valence-electron chi connectivity index (χ4n) is 2.87. The molecule has 0 saturated heterocycles. The zero-order valence-corrected chi connectivity index (χ0v) is 11.7. The third kappa shape index (κ3) is 1.59. The number of fused-ring (bicyclic) bond motifs is 6. The van der Waals surface area contributed by atoms with E-state index in [-0.39, 0.29) is 0 Å². The summed E-state index contributed by atoms with van der Waals surface area (Å²) in [7, 11) is 3.28. The molecule has 0 aliphatic rings. The molecular weight excluding hydrogens is 266 g/mol. The van der Waals surface area contributed by atoms with Gasteiger partial charge >= 0.3 is 0 Å². The fourth-order valence-corrected chi connectivity index (χ4v) is 2.87. The van der Waals surface area contributed by atoms with Crippen LogP contribution < -0.4 is 9.47 Å². The topological polar surface area (TPSA) is 44.5 Å². The van der Waals surface area contributed by atoms with E-state index in [1.165, 1.54) is 0 Å². The van der Waals surface area contributed by atoms with Crippen molar-refractivity contribution in [2.45, 2.75) is 0 Å². The number of hydrogen-bond acceptors (Lipinski definition) is 4. The van der Waals surface area contributed by atoms with E-state index >= 15 is 0 Å². The van der Waals surface area contributed by atoms with Crippen LogP contribution in [0, 0.1) is 0 Å². The summed E-state index contributed by atoms with van der Waals surface area (Å²) in [4.78, 5) is 0. The van der Waals surface area contributed by atoms with Gasteiger partial charge in [-0.05, 0) is 28.3 Å². The number of hydrogen-bond donors (Lipinski definition) is 0. The minimum Gasteiger partial charge on any atom is -0.493 e. The highest BCUT2D eigenvalue weighted by molar-refractivity contribution is 6.24. The van der Waals surface area contributed by atoms with Gasteiger partial charge in [0.15, 0.2) is 17.1 Å². The summed E-state index contributed by atoms with van der Waals surface area (Å²) in [6.45, 7) is 0. The van der Waals surface area contributed by atoms with E-state index in [1.807, 2.05) is 30.3 Å². The van der Waals surface area contributed by atoms with E-state index < -0.39 is 0 Å². The molecule has 21 heavy (non-hydrogen) atoms. The van der Waals surface area contributed by atoms with Gasteiger partial charge in [-0.2, -0.15) is 0 Å². The molecule has 0 unspecified atom stereocenters. The molecule has 3 aromatic carbocycles. The molecule has 0 radical (unpaired) electrons. The zero-order valence-electron chi connectivity index (χ0n) is 11.7. The highest BCUT2D eigenvalue weighted by Crippen LogP contribution is 2.40. The number of aromatic nitrogens is 1. The molecule has 0 atom stereocenters. The molecule has 1 aromatic heterocycles. The van der Waals surface area contributed by atoms with Gasteiger partial charge in [0.2, 0.25) is 0 Å². The molecule has 0 amide bonds. The average molecular weight is 279 g/mol. The molecule has 4 nitrogen and oxygen atoms in total. The van der Waals surface area contributed by atoms with Gasteiger partial charge in [-0.15, -0.1) is 0 Å². The van der Waals surface area contributed by atoms with Crippen LogP contribution in [0.3, 0.4) is 0 Å². The van der Waals surface area contributed by atoms with E-state index in [4.69, 9.17) is 14.0 Å². The van der Waals surface area contributed by atoms with Crippen LogP contribution in [0.2, 0.25) is 0 Å². The second kappa shape index (κ2) is 4.38. The molecule has 0 aliphatic carbocycles. The van der Waals surface area contributed by atoms with Gasteiger partial charge in [0.25, 0.3) is 0 Å². The van der Waals surface area contributed by atoms with Crippen LogP contribution in [0.5, 0.6) is 11.5 Å². The molecular formula is C17H13NO3. The van der Waals surface area contributed by atoms with Crippen LogP contribution in [0.25, 0.3) is 32.5 Å². The van der Waals surface area contributed by atoms with Gasteiger partial charge in [0, 0.05) is 5.39 Å². The lowest BCUT2D eigenvalue weighted by atomic mass is 9.98. The van der Waals surface area contributed by atoms with Crippen molar-refractivity contribution in [1.29, 1.82) is 0 Å². The summed E-state index contributed by atoms with van der Waals surface area (Å²) < 4.78 is 16.3. The molecule has 0 saturated carbocycles. The minimum atomic E-state index is 0.697. The monoisotopic (exact) mass is 279 g/mol. The van der Waals surface area contributed by atoms with E-state index in [9.17, 15) is 0 Å². The predicted molar refractivity (Wildman–Crippen MR) is 82.1 cm³/mol. The Balaban J connectivity index is 2.30. The van der Waals surface area contributed by atoms with Crippen molar-refractivity contribution < 1.29 is 14.0 Å². The van der Waals surface area contributed by atoms with E-state index in [0.717, 1.165) is 32.5 Å². The Morgan fingerprint density at radius 1 is 0.810 bits per heavy atom. The largest absolute Gasteiger partial charge is 0.493 e. The number of methoxy groups -OCH3 is 2. The van der Waals surface area contributed by atoms with Crippen molar-refractivity contribution in [3.63, 3.8) is 0 Å². The van der Waals surface area contributed by atoms with Crippen molar-refractivity contribution in [3.05, 3.63) is 42.6 Å².